The molecule has 0 saturated carbocycles. The fourth-order valence-corrected chi connectivity index (χ4v) is 3.46. The van der Waals surface area contributed by atoms with Gasteiger partial charge in [-0.2, -0.15) is 9.61 Å². The van der Waals surface area contributed by atoms with E-state index in [0.29, 0.717) is 0 Å². The monoisotopic (exact) mass is 386 g/mol. The highest BCUT2D eigenvalue weighted by Gasteiger charge is 2.16. The van der Waals surface area contributed by atoms with E-state index in [1.54, 1.807) is 11.6 Å². The smallest absolute Gasteiger partial charge is 0.235 e. The second-order valence-electron chi connectivity index (χ2n) is 4.83. The quantitative estimate of drug-likeness (QED) is 0.526. The van der Waals surface area contributed by atoms with Crippen LogP contribution in [0.15, 0.2) is 53.0 Å². The van der Waals surface area contributed by atoms with Crippen molar-refractivity contribution in [2.75, 3.05) is 7.11 Å². The van der Waals surface area contributed by atoms with E-state index in [1.807, 2.05) is 48.5 Å². The molecule has 0 spiro atoms. The number of ether oxygens (including phenoxy) is 1. The maximum absolute atomic E-state index is 5.42. The van der Waals surface area contributed by atoms with Gasteiger partial charge in [-0.3, -0.25) is 0 Å². The number of rotatable bonds is 3. The van der Waals surface area contributed by atoms with Crippen LogP contribution >= 0.6 is 27.3 Å². The molecule has 4 rings (SSSR count). The highest BCUT2D eigenvalue weighted by atomic mass is 79.9. The molecule has 0 fully saturated rings. The molecule has 23 heavy (non-hydrogen) atoms. The third kappa shape index (κ3) is 2.51. The lowest BCUT2D eigenvalue weighted by atomic mass is 10.2. The van der Waals surface area contributed by atoms with Gasteiger partial charge in [0.25, 0.3) is 0 Å². The first-order valence-corrected chi connectivity index (χ1v) is 8.49. The van der Waals surface area contributed by atoms with Crippen molar-refractivity contribution in [3.8, 4) is 27.7 Å². The summed E-state index contributed by atoms with van der Waals surface area (Å²) in [5.41, 5.74) is 1.92. The molecule has 114 valence electrons. The lowest BCUT2D eigenvalue weighted by Gasteiger charge is -2.04. The summed E-state index contributed by atoms with van der Waals surface area (Å²) in [6, 6.07) is 15.8. The van der Waals surface area contributed by atoms with Gasteiger partial charge in [0, 0.05) is 10.0 Å². The Morgan fingerprint density at radius 1 is 1.04 bits per heavy atom. The summed E-state index contributed by atoms with van der Waals surface area (Å²) in [6.45, 7) is 0. The number of benzene rings is 2. The Morgan fingerprint density at radius 3 is 2.61 bits per heavy atom. The van der Waals surface area contributed by atoms with Crippen LogP contribution in [-0.2, 0) is 0 Å². The summed E-state index contributed by atoms with van der Waals surface area (Å²) in [7, 11) is 1.66. The van der Waals surface area contributed by atoms with Gasteiger partial charge in [-0.1, -0.05) is 51.5 Å². The third-order valence-corrected chi connectivity index (χ3v) is 4.89. The molecule has 0 amide bonds. The van der Waals surface area contributed by atoms with E-state index < -0.39 is 0 Å². The summed E-state index contributed by atoms with van der Waals surface area (Å²) in [5, 5.41) is 14.0. The lowest BCUT2D eigenvalue weighted by molar-refractivity contribution is 0.416. The average Bonchev–Trinajstić information content (AvgIpc) is 3.16. The van der Waals surface area contributed by atoms with Gasteiger partial charge in [0.2, 0.25) is 4.96 Å². The minimum Gasteiger partial charge on any atom is -0.496 e. The van der Waals surface area contributed by atoms with Crippen molar-refractivity contribution in [2.24, 2.45) is 0 Å². The molecule has 0 radical (unpaired) electrons. The van der Waals surface area contributed by atoms with Crippen molar-refractivity contribution in [3.05, 3.63) is 53.0 Å². The van der Waals surface area contributed by atoms with Crippen LogP contribution in [-0.4, -0.2) is 26.9 Å². The predicted octanol–water partition coefficient (Wildman–Crippen LogP) is 4.29. The first kappa shape index (κ1) is 14.3. The van der Waals surface area contributed by atoms with Crippen molar-refractivity contribution in [1.82, 2.24) is 19.8 Å². The standard InChI is InChI=1S/C16H11BrN4OS/c1-22-13-5-3-2-4-12(13)15-20-21-14(18-19-16(21)23-15)10-6-8-11(17)9-7-10/h2-9H,1H3. The molecule has 0 aliphatic carbocycles. The number of hydrogen-bond donors (Lipinski definition) is 0. The Balaban J connectivity index is 1.85. The third-order valence-electron chi connectivity index (χ3n) is 3.43. The maximum atomic E-state index is 5.42. The summed E-state index contributed by atoms with van der Waals surface area (Å²) in [4.78, 5) is 0.754. The fourth-order valence-electron chi connectivity index (χ4n) is 2.33. The van der Waals surface area contributed by atoms with Gasteiger partial charge < -0.3 is 4.74 Å². The molecule has 2 aromatic carbocycles. The molecule has 0 N–H and O–H groups in total. The van der Waals surface area contributed by atoms with Gasteiger partial charge in [0.1, 0.15) is 5.75 Å². The van der Waals surface area contributed by atoms with E-state index in [1.165, 1.54) is 11.3 Å². The first-order chi connectivity index (χ1) is 11.3. The molecule has 0 atom stereocenters. The second-order valence-corrected chi connectivity index (χ2v) is 6.70. The summed E-state index contributed by atoms with van der Waals surface area (Å²) in [5.74, 6) is 1.52. The zero-order chi connectivity index (χ0) is 15.8. The Hall–Kier alpha value is -2.25. The summed E-state index contributed by atoms with van der Waals surface area (Å²) in [6.07, 6.45) is 0. The van der Waals surface area contributed by atoms with E-state index >= 15 is 0 Å². The van der Waals surface area contributed by atoms with Crippen LogP contribution in [0.5, 0.6) is 5.75 Å². The number of para-hydroxylation sites is 1. The van der Waals surface area contributed by atoms with Gasteiger partial charge in [-0.25, -0.2) is 0 Å². The first-order valence-electron chi connectivity index (χ1n) is 6.88. The van der Waals surface area contributed by atoms with E-state index in [2.05, 4.69) is 31.2 Å². The van der Waals surface area contributed by atoms with Gasteiger partial charge in [0.05, 0.1) is 12.7 Å². The maximum Gasteiger partial charge on any atom is 0.235 e. The molecule has 0 aliphatic heterocycles. The van der Waals surface area contributed by atoms with Crippen LogP contribution in [0.25, 0.3) is 26.9 Å². The minimum atomic E-state index is 0.727. The number of fused-ring (bicyclic) bond motifs is 1. The molecule has 0 bridgehead atoms. The molecule has 0 aliphatic rings. The van der Waals surface area contributed by atoms with Crippen molar-refractivity contribution >= 4 is 32.2 Å². The van der Waals surface area contributed by atoms with Crippen LogP contribution in [0.3, 0.4) is 0 Å². The minimum absolute atomic E-state index is 0.727. The largest absolute Gasteiger partial charge is 0.496 e. The van der Waals surface area contributed by atoms with Gasteiger partial charge >= 0.3 is 0 Å². The van der Waals surface area contributed by atoms with Crippen molar-refractivity contribution < 1.29 is 4.74 Å². The SMILES string of the molecule is COc1ccccc1-c1nn2c(-c3ccc(Br)cc3)nnc2s1. The summed E-state index contributed by atoms with van der Waals surface area (Å²) < 4.78 is 8.21. The second kappa shape index (κ2) is 5.75. The van der Waals surface area contributed by atoms with Gasteiger partial charge in [-0.15, -0.1) is 10.2 Å². The Labute approximate surface area is 144 Å². The highest BCUT2D eigenvalue weighted by molar-refractivity contribution is 9.10. The lowest BCUT2D eigenvalue weighted by Crippen LogP contribution is -1.92. The van der Waals surface area contributed by atoms with E-state index in [0.717, 1.165) is 37.1 Å². The molecule has 2 heterocycles. The van der Waals surface area contributed by atoms with Gasteiger partial charge in [-0.05, 0) is 24.3 Å². The fraction of sp³-hybridized carbons (Fsp3) is 0.0625. The Morgan fingerprint density at radius 2 is 1.83 bits per heavy atom. The Kier molecular flexibility index (Phi) is 3.59. The normalized spacial score (nSPS) is 11.0. The van der Waals surface area contributed by atoms with E-state index in [9.17, 15) is 0 Å². The molecule has 7 heteroatoms. The molecule has 2 aromatic heterocycles. The number of hydrogen-bond acceptors (Lipinski definition) is 5. The van der Waals surface area contributed by atoms with E-state index in [4.69, 9.17) is 4.74 Å². The molecular formula is C16H11BrN4OS. The van der Waals surface area contributed by atoms with Crippen molar-refractivity contribution in [3.63, 3.8) is 0 Å². The molecule has 5 nitrogen and oxygen atoms in total. The molecule has 4 aromatic rings. The number of halogens is 1. The van der Waals surface area contributed by atoms with Crippen molar-refractivity contribution in [1.29, 1.82) is 0 Å². The van der Waals surface area contributed by atoms with E-state index in [-0.39, 0.29) is 0 Å². The average molecular weight is 387 g/mol. The number of methoxy groups -OCH3 is 1. The topological polar surface area (TPSA) is 52.3 Å². The van der Waals surface area contributed by atoms with Crippen LogP contribution in [0.1, 0.15) is 0 Å². The highest BCUT2D eigenvalue weighted by Crippen LogP contribution is 2.33. The predicted molar refractivity (Wildman–Crippen MR) is 93.8 cm³/mol. The number of aromatic nitrogens is 4. The Bertz CT molecular complexity index is 977. The number of nitrogens with zero attached hydrogens (tertiary/aromatic N) is 4. The molecular weight excluding hydrogens is 376 g/mol. The zero-order valence-electron chi connectivity index (χ0n) is 12.1. The molecule has 0 saturated heterocycles. The van der Waals surface area contributed by atoms with Crippen molar-refractivity contribution in [2.45, 2.75) is 0 Å². The van der Waals surface area contributed by atoms with Crippen LogP contribution < -0.4 is 4.74 Å². The van der Waals surface area contributed by atoms with Gasteiger partial charge in [0.15, 0.2) is 10.8 Å². The molecule has 0 unspecified atom stereocenters. The van der Waals surface area contributed by atoms with Crippen LogP contribution in [0.4, 0.5) is 0 Å². The zero-order valence-corrected chi connectivity index (χ0v) is 14.5. The summed E-state index contributed by atoms with van der Waals surface area (Å²) >= 11 is 4.93. The van der Waals surface area contributed by atoms with Crippen LogP contribution in [0.2, 0.25) is 0 Å². The van der Waals surface area contributed by atoms with Crippen LogP contribution in [0, 0.1) is 0 Å².